The van der Waals surface area contributed by atoms with Crippen LogP contribution in [0.1, 0.15) is 55.3 Å². The van der Waals surface area contributed by atoms with Gasteiger partial charge in [0.2, 0.25) is 0 Å². The molecule has 0 N–H and O–H groups in total. The standard InChI is InChI=1S/C21H24O4/c1-6-24-19-12-11-17(13-18(19)14(2)22)15-7-9-16(10-8-15)20(23)25-21(3,4)5/h7-13H,6H2,1-5H3. The highest BCUT2D eigenvalue weighted by Crippen LogP contribution is 2.28. The monoisotopic (exact) mass is 340 g/mol. The molecule has 0 spiro atoms. The Balaban J connectivity index is 2.29. The minimum atomic E-state index is -0.527. The van der Waals surface area contributed by atoms with E-state index in [1.165, 1.54) is 6.92 Å². The van der Waals surface area contributed by atoms with Crippen LogP contribution in [-0.4, -0.2) is 24.0 Å². The molecule has 0 unspecified atom stereocenters. The lowest BCUT2D eigenvalue weighted by Crippen LogP contribution is -2.23. The Morgan fingerprint density at radius 2 is 1.56 bits per heavy atom. The van der Waals surface area contributed by atoms with Crippen molar-refractivity contribution in [1.82, 2.24) is 0 Å². The second kappa shape index (κ2) is 7.51. The van der Waals surface area contributed by atoms with E-state index >= 15 is 0 Å². The van der Waals surface area contributed by atoms with Gasteiger partial charge in [0, 0.05) is 0 Å². The first-order chi connectivity index (χ1) is 11.7. The SMILES string of the molecule is CCOc1ccc(-c2ccc(C(=O)OC(C)(C)C)cc2)cc1C(C)=O. The maximum Gasteiger partial charge on any atom is 0.338 e. The molecule has 25 heavy (non-hydrogen) atoms. The molecule has 0 heterocycles. The Hall–Kier alpha value is -2.62. The molecule has 2 aromatic rings. The molecule has 2 rings (SSSR count). The van der Waals surface area contributed by atoms with E-state index in [0.29, 0.717) is 23.5 Å². The van der Waals surface area contributed by atoms with Gasteiger partial charge in [0.05, 0.1) is 17.7 Å². The molecule has 0 saturated carbocycles. The predicted octanol–water partition coefficient (Wildman–Crippen LogP) is 4.91. The number of benzene rings is 2. The molecule has 0 aliphatic heterocycles. The summed E-state index contributed by atoms with van der Waals surface area (Å²) in [4.78, 5) is 23.9. The number of carbonyl (C=O) groups is 2. The third-order valence-electron chi connectivity index (χ3n) is 3.51. The highest BCUT2D eigenvalue weighted by atomic mass is 16.6. The van der Waals surface area contributed by atoms with Gasteiger partial charge in [0.15, 0.2) is 5.78 Å². The lowest BCUT2D eigenvalue weighted by atomic mass is 9.99. The molecule has 0 aromatic heterocycles. The zero-order chi connectivity index (χ0) is 18.6. The smallest absolute Gasteiger partial charge is 0.338 e. The average Bonchev–Trinajstić information content (AvgIpc) is 2.54. The van der Waals surface area contributed by atoms with Gasteiger partial charge in [-0.15, -0.1) is 0 Å². The van der Waals surface area contributed by atoms with Gasteiger partial charge < -0.3 is 9.47 Å². The summed E-state index contributed by atoms with van der Waals surface area (Å²) in [5.41, 5.74) is 2.33. The van der Waals surface area contributed by atoms with Crippen LogP contribution in [0, 0.1) is 0 Å². The summed E-state index contributed by atoms with van der Waals surface area (Å²) in [6.45, 7) is 9.41. The van der Waals surface area contributed by atoms with E-state index in [0.717, 1.165) is 11.1 Å². The van der Waals surface area contributed by atoms with E-state index in [2.05, 4.69) is 0 Å². The molecule has 0 aliphatic carbocycles. The Morgan fingerprint density at radius 1 is 0.960 bits per heavy atom. The summed E-state index contributed by atoms with van der Waals surface area (Å²) in [6.07, 6.45) is 0. The first-order valence-electron chi connectivity index (χ1n) is 8.33. The van der Waals surface area contributed by atoms with E-state index in [1.807, 2.05) is 52.0 Å². The molecular weight excluding hydrogens is 316 g/mol. The molecule has 0 aliphatic rings. The van der Waals surface area contributed by atoms with Crippen molar-refractivity contribution in [2.24, 2.45) is 0 Å². The number of ether oxygens (including phenoxy) is 2. The Labute approximate surface area is 148 Å². The van der Waals surface area contributed by atoms with Crippen molar-refractivity contribution >= 4 is 11.8 Å². The normalized spacial score (nSPS) is 11.1. The maximum atomic E-state index is 12.1. The van der Waals surface area contributed by atoms with Crippen LogP contribution in [0.15, 0.2) is 42.5 Å². The van der Waals surface area contributed by atoms with Crippen LogP contribution in [-0.2, 0) is 4.74 Å². The van der Waals surface area contributed by atoms with E-state index in [9.17, 15) is 9.59 Å². The predicted molar refractivity (Wildman–Crippen MR) is 98.2 cm³/mol. The van der Waals surface area contributed by atoms with Crippen LogP contribution in [0.3, 0.4) is 0 Å². The molecule has 0 bridgehead atoms. The second-order valence-electron chi connectivity index (χ2n) is 6.78. The first-order valence-corrected chi connectivity index (χ1v) is 8.33. The van der Waals surface area contributed by atoms with Gasteiger partial charge >= 0.3 is 5.97 Å². The second-order valence-corrected chi connectivity index (χ2v) is 6.78. The third-order valence-corrected chi connectivity index (χ3v) is 3.51. The van der Waals surface area contributed by atoms with Crippen LogP contribution in [0.25, 0.3) is 11.1 Å². The van der Waals surface area contributed by atoms with E-state index < -0.39 is 5.60 Å². The Morgan fingerprint density at radius 3 is 2.08 bits per heavy atom. The fourth-order valence-electron chi connectivity index (χ4n) is 2.40. The van der Waals surface area contributed by atoms with E-state index in [-0.39, 0.29) is 11.8 Å². The third kappa shape index (κ3) is 4.92. The average molecular weight is 340 g/mol. The topological polar surface area (TPSA) is 52.6 Å². The van der Waals surface area contributed by atoms with E-state index in [1.54, 1.807) is 18.2 Å². The van der Waals surface area contributed by atoms with Crippen LogP contribution in [0.5, 0.6) is 5.75 Å². The fourth-order valence-corrected chi connectivity index (χ4v) is 2.40. The summed E-state index contributed by atoms with van der Waals surface area (Å²) in [5, 5.41) is 0. The van der Waals surface area contributed by atoms with Crippen LogP contribution in [0.2, 0.25) is 0 Å². The minimum Gasteiger partial charge on any atom is -0.493 e. The van der Waals surface area contributed by atoms with E-state index in [4.69, 9.17) is 9.47 Å². The summed E-state index contributed by atoms with van der Waals surface area (Å²) in [6, 6.07) is 12.7. The lowest BCUT2D eigenvalue weighted by Gasteiger charge is -2.19. The molecule has 0 radical (unpaired) electrons. The van der Waals surface area contributed by atoms with Gasteiger partial charge in [0.25, 0.3) is 0 Å². The number of ketones is 1. The van der Waals surface area contributed by atoms with Gasteiger partial charge in [-0.2, -0.15) is 0 Å². The lowest BCUT2D eigenvalue weighted by molar-refractivity contribution is 0.00694. The fraction of sp³-hybridized carbons (Fsp3) is 0.333. The maximum absolute atomic E-state index is 12.1. The van der Waals surface area contributed by atoms with Crippen molar-refractivity contribution < 1.29 is 19.1 Å². The quantitative estimate of drug-likeness (QED) is 0.573. The van der Waals surface area contributed by atoms with Gasteiger partial charge in [0.1, 0.15) is 11.4 Å². The van der Waals surface area contributed by atoms with Gasteiger partial charge in [-0.1, -0.05) is 18.2 Å². The highest BCUT2D eigenvalue weighted by Gasteiger charge is 2.18. The summed E-state index contributed by atoms with van der Waals surface area (Å²) in [7, 11) is 0. The van der Waals surface area contributed by atoms with Crippen molar-refractivity contribution in [3.8, 4) is 16.9 Å². The summed E-state index contributed by atoms with van der Waals surface area (Å²) < 4.78 is 10.9. The molecule has 2 aromatic carbocycles. The summed E-state index contributed by atoms with van der Waals surface area (Å²) in [5.74, 6) is 0.190. The molecule has 0 fully saturated rings. The highest BCUT2D eigenvalue weighted by molar-refractivity contribution is 5.98. The molecule has 4 nitrogen and oxygen atoms in total. The van der Waals surface area contributed by atoms with Crippen LogP contribution >= 0.6 is 0 Å². The molecule has 0 atom stereocenters. The minimum absolute atomic E-state index is 0.0457. The number of hydrogen-bond acceptors (Lipinski definition) is 4. The van der Waals surface area contributed by atoms with Crippen molar-refractivity contribution in [2.45, 2.75) is 40.2 Å². The largest absolute Gasteiger partial charge is 0.493 e. The Bertz CT molecular complexity index is 767. The molecular formula is C21H24O4. The van der Waals surface area contributed by atoms with Gasteiger partial charge in [-0.3, -0.25) is 4.79 Å². The van der Waals surface area contributed by atoms with Crippen molar-refractivity contribution in [1.29, 1.82) is 0 Å². The van der Waals surface area contributed by atoms with Gasteiger partial charge in [-0.05, 0) is 70.0 Å². The number of esters is 1. The Kier molecular flexibility index (Phi) is 5.62. The number of rotatable bonds is 5. The first kappa shape index (κ1) is 18.7. The molecule has 0 saturated heterocycles. The number of carbonyl (C=O) groups excluding carboxylic acids is 2. The van der Waals surface area contributed by atoms with Crippen LogP contribution < -0.4 is 4.74 Å². The molecule has 4 heteroatoms. The number of hydrogen-bond donors (Lipinski definition) is 0. The van der Waals surface area contributed by atoms with Crippen LogP contribution in [0.4, 0.5) is 0 Å². The summed E-state index contributed by atoms with van der Waals surface area (Å²) >= 11 is 0. The molecule has 132 valence electrons. The number of Topliss-reactive ketones (excluding diaryl/α,β-unsaturated/α-hetero) is 1. The molecule has 0 amide bonds. The zero-order valence-corrected chi connectivity index (χ0v) is 15.4. The van der Waals surface area contributed by atoms with Crippen molar-refractivity contribution in [2.75, 3.05) is 6.61 Å². The zero-order valence-electron chi connectivity index (χ0n) is 15.4. The van der Waals surface area contributed by atoms with Crippen molar-refractivity contribution in [3.05, 3.63) is 53.6 Å². The van der Waals surface area contributed by atoms with Gasteiger partial charge in [-0.25, -0.2) is 4.79 Å². The van der Waals surface area contributed by atoms with Crippen molar-refractivity contribution in [3.63, 3.8) is 0 Å².